The van der Waals surface area contributed by atoms with Gasteiger partial charge in [-0.1, -0.05) is 48.5 Å². The monoisotopic (exact) mass is 360 g/mol. The molecule has 5 heteroatoms. The summed E-state index contributed by atoms with van der Waals surface area (Å²) < 4.78 is 5.40. The standard InChI is InChI=1S/C22H20N2O3/c25-21(15-17-7-3-1-4-8-17)23-18-11-13-19(14-12-18)24-22(26)16-27-20-9-5-2-6-10-20/h1-14H,15-16H2,(H,23,25)(H,24,26). The Morgan fingerprint density at radius 3 is 1.78 bits per heavy atom. The number of ether oxygens (including phenoxy) is 1. The molecule has 2 amide bonds. The topological polar surface area (TPSA) is 67.4 Å². The summed E-state index contributed by atoms with van der Waals surface area (Å²) in [5, 5.41) is 5.60. The van der Waals surface area contributed by atoms with Crippen LogP contribution in [-0.2, 0) is 16.0 Å². The van der Waals surface area contributed by atoms with Crippen molar-refractivity contribution in [1.82, 2.24) is 0 Å². The number of nitrogens with one attached hydrogen (secondary N) is 2. The van der Waals surface area contributed by atoms with Crippen molar-refractivity contribution in [2.45, 2.75) is 6.42 Å². The predicted molar refractivity (Wildman–Crippen MR) is 106 cm³/mol. The Morgan fingerprint density at radius 1 is 0.667 bits per heavy atom. The van der Waals surface area contributed by atoms with E-state index >= 15 is 0 Å². The second-order valence-electron chi connectivity index (χ2n) is 5.94. The highest BCUT2D eigenvalue weighted by Crippen LogP contribution is 2.14. The molecule has 2 N–H and O–H groups in total. The molecule has 0 aliphatic heterocycles. The number of para-hydroxylation sites is 1. The van der Waals surface area contributed by atoms with E-state index in [2.05, 4.69) is 10.6 Å². The maximum Gasteiger partial charge on any atom is 0.262 e. The molecule has 0 atom stereocenters. The Labute approximate surface area is 158 Å². The van der Waals surface area contributed by atoms with Gasteiger partial charge >= 0.3 is 0 Å². The highest BCUT2D eigenvalue weighted by Gasteiger charge is 2.06. The van der Waals surface area contributed by atoms with E-state index in [1.807, 2.05) is 48.5 Å². The Bertz CT molecular complexity index is 878. The first-order valence-corrected chi connectivity index (χ1v) is 8.60. The van der Waals surface area contributed by atoms with Gasteiger partial charge in [-0.3, -0.25) is 9.59 Å². The summed E-state index contributed by atoms with van der Waals surface area (Å²) in [6, 6.07) is 25.7. The molecule has 136 valence electrons. The number of carbonyl (C=O) groups excluding carboxylic acids is 2. The Hall–Kier alpha value is -3.60. The van der Waals surface area contributed by atoms with E-state index in [-0.39, 0.29) is 18.4 Å². The van der Waals surface area contributed by atoms with Gasteiger partial charge in [-0.2, -0.15) is 0 Å². The van der Waals surface area contributed by atoms with Crippen LogP contribution in [0, 0.1) is 0 Å². The van der Waals surface area contributed by atoms with Crippen molar-refractivity contribution in [3.63, 3.8) is 0 Å². The van der Waals surface area contributed by atoms with Crippen LogP contribution in [0.15, 0.2) is 84.9 Å². The van der Waals surface area contributed by atoms with Gasteiger partial charge in [0.2, 0.25) is 5.91 Å². The fraction of sp³-hybridized carbons (Fsp3) is 0.0909. The summed E-state index contributed by atoms with van der Waals surface area (Å²) >= 11 is 0. The first-order chi connectivity index (χ1) is 13.2. The Balaban J connectivity index is 1.46. The lowest BCUT2D eigenvalue weighted by atomic mass is 10.1. The van der Waals surface area contributed by atoms with Crippen molar-refractivity contribution in [3.05, 3.63) is 90.5 Å². The van der Waals surface area contributed by atoms with E-state index in [1.165, 1.54) is 0 Å². The van der Waals surface area contributed by atoms with Crippen LogP contribution in [0.25, 0.3) is 0 Å². The molecule has 0 saturated heterocycles. The lowest BCUT2D eigenvalue weighted by molar-refractivity contribution is -0.118. The summed E-state index contributed by atoms with van der Waals surface area (Å²) in [6.45, 7) is -0.0699. The van der Waals surface area contributed by atoms with Gasteiger partial charge in [0.25, 0.3) is 5.91 Å². The minimum Gasteiger partial charge on any atom is -0.484 e. The molecule has 0 saturated carbocycles. The van der Waals surface area contributed by atoms with E-state index in [4.69, 9.17) is 4.74 Å². The predicted octanol–water partition coefficient (Wildman–Crippen LogP) is 3.89. The number of rotatable bonds is 7. The third-order valence-corrected chi connectivity index (χ3v) is 3.77. The first-order valence-electron chi connectivity index (χ1n) is 8.60. The van der Waals surface area contributed by atoms with Gasteiger partial charge in [0.1, 0.15) is 5.75 Å². The van der Waals surface area contributed by atoms with E-state index in [0.29, 0.717) is 23.5 Å². The summed E-state index contributed by atoms with van der Waals surface area (Å²) in [4.78, 5) is 24.0. The van der Waals surface area contributed by atoms with Gasteiger partial charge in [0, 0.05) is 11.4 Å². The molecule has 0 bridgehead atoms. The molecule has 3 aromatic carbocycles. The number of benzene rings is 3. The maximum absolute atomic E-state index is 12.1. The van der Waals surface area contributed by atoms with Gasteiger partial charge < -0.3 is 15.4 Å². The normalized spacial score (nSPS) is 10.1. The lowest BCUT2D eigenvalue weighted by Gasteiger charge is -2.09. The highest BCUT2D eigenvalue weighted by molar-refractivity contribution is 5.94. The van der Waals surface area contributed by atoms with Crippen LogP contribution in [0.4, 0.5) is 11.4 Å². The summed E-state index contributed by atoms with van der Waals surface area (Å²) in [7, 11) is 0. The van der Waals surface area contributed by atoms with Crippen LogP contribution in [0.1, 0.15) is 5.56 Å². The van der Waals surface area contributed by atoms with Crippen LogP contribution in [0.5, 0.6) is 5.75 Å². The molecule has 0 heterocycles. The average molecular weight is 360 g/mol. The van der Waals surface area contributed by atoms with Crippen molar-refractivity contribution < 1.29 is 14.3 Å². The third-order valence-electron chi connectivity index (χ3n) is 3.77. The number of amides is 2. The summed E-state index contributed by atoms with van der Waals surface area (Å²) in [5.41, 5.74) is 2.27. The zero-order valence-electron chi connectivity index (χ0n) is 14.7. The quantitative estimate of drug-likeness (QED) is 0.672. The molecule has 0 aliphatic rings. The molecule has 3 rings (SSSR count). The molecule has 0 unspecified atom stereocenters. The van der Waals surface area contributed by atoms with Crippen molar-refractivity contribution in [3.8, 4) is 5.75 Å². The Morgan fingerprint density at radius 2 is 1.19 bits per heavy atom. The molecule has 3 aromatic rings. The molecule has 5 nitrogen and oxygen atoms in total. The van der Waals surface area contributed by atoms with Crippen LogP contribution in [-0.4, -0.2) is 18.4 Å². The number of hydrogen-bond donors (Lipinski definition) is 2. The SMILES string of the molecule is O=C(COc1ccccc1)Nc1ccc(NC(=O)Cc2ccccc2)cc1. The Kier molecular flexibility index (Phi) is 6.20. The number of carbonyl (C=O) groups is 2. The zero-order valence-corrected chi connectivity index (χ0v) is 14.7. The maximum atomic E-state index is 12.1. The molecule has 0 fully saturated rings. The molecule has 0 radical (unpaired) electrons. The molecule has 0 spiro atoms. The summed E-state index contributed by atoms with van der Waals surface area (Å²) in [6.07, 6.45) is 0.316. The smallest absolute Gasteiger partial charge is 0.262 e. The van der Waals surface area contributed by atoms with Crippen molar-refractivity contribution in [2.75, 3.05) is 17.2 Å². The minimum atomic E-state index is -0.250. The lowest BCUT2D eigenvalue weighted by Crippen LogP contribution is -2.20. The zero-order chi connectivity index (χ0) is 18.9. The van der Waals surface area contributed by atoms with Crippen LogP contribution in [0.3, 0.4) is 0 Å². The summed E-state index contributed by atoms with van der Waals surface area (Å²) in [5.74, 6) is 0.304. The van der Waals surface area contributed by atoms with E-state index in [1.54, 1.807) is 36.4 Å². The highest BCUT2D eigenvalue weighted by atomic mass is 16.5. The van der Waals surface area contributed by atoms with E-state index < -0.39 is 0 Å². The fourth-order valence-electron chi connectivity index (χ4n) is 2.49. The third kappa shape index (κ3) is 6.01. The van der Waals surface area contributed by atoms with Gasteiger partial charge in [-0.15, -0.1) is 0 Å². The van der Waals surface area contributed by atoms with Crippen molar-refractivity contribution in [2.24, 2.45) is 0 Å². The second kappa shape index (κ2) is 9.20. The molecule has 0 aromatic heterocycles. The molecular weight excluding hydrogens is 340 g/mol. The van der Waals surface area contributed by atoms with Gasteiger partial charge in [-0.25, -0.2) is 0 Å². The largest absolute Gasteiger partial charge is 0.484 e. The first kappa shape index (κ1) is 18.2. The molecule has 0 aliphatic carbocycles. The van der Waals surface area contributed by atoms with Gasteiger partial charge in [0.15, 0.2) is 6.61 Å². The van der Waals surface area contributed by atoms with Crippen molar-refractivity contribution >= 4 is 23.2 Å². The molecular formula is C22H20N2O3. The van der Waals surface area contributed by atoms with Crippen LogP contribution < -0.4 is 15.4 Å². The number of hydrogen-bond acceptors (Lipinski definition) is 3. The van der Waals surface area contributed by atoms with Gasteiger partial charge in [-0.05, 0) is 42.0 Å². The van der Waals surface area contributed by atoms with E-state index in [9.17, 15) is 9.59 Å². The van der Waals surface area contributed by atoms with Gasteiger partial charge in [0.05, 0.1) is 6.42 Å². The minimum absolute atomic E-state index is 0.0699. The second-order valence-corrected chi connectivity index (χ2v) is 5.94. The molecule has 27 heavy (non-hydrogen) atoms. The number of anilines is 2. The van der Waals surface area contributed by atoms with E-state index in [0.717, 1.165) is 5.56 Å². The van der Waals surface area contributed by atoms with Crippen molar-refractivity contribution in [1.29, 1.82) is 0 Å². The fourth-order valence-corrected chi connectivity index (χ4v) is 2.49. The van der Waals surface area contributed by atoms with Crippen LogP contribution in [0.2, 0.25) is 0 Å². The van der Waals surface area contributed by atoms with Crippen LogP contribution >= 0.6 is 0 Å². The average Bonchev–Trinajstić information content (AvgIpc) is 2.69.